The van der Waals surface area contributed by atoms with Crippen LogP contribution in [0.1, 0.15) is 52.4 Å². The number of hydrogen-bond donors (Lipinski definition) is 0. The van der Waals surface area contributed by atoms with Crippen molar-refractivity contribution < 1.29 is 23.5 Å². The molecule has 0 aromatic rings. The first-order chi connectivity index (χ1) is 8.49. The Balaban J connectivity index is 2.40. The van der Waals surface area contributed by atoms with Gasteiger partial charge in [-0.3, -0.25) is 0 Å². The minimum absolute atomic E-state index is 0.414. The van der Waals surface area contributed by atoms with Crippen LogP contribution >= 0.6 is 0 Å². The quantitative estimate of drug-likeness (QED) is 0.713. The molecule has 1 rings (SSSR count). The predicted molar refractivity (Wildman–Crippen MR) is 63.7 cm³/mol. The Morgan fingerprint density at radius 3 is 2.39 bits per heavy atom. The highest BCUT2D eigenvalue weighted by Gasteiger charge is 2.34. The molecule has 0 saturated heterocycles. The van der Waals surface area contributed by atoms with E-state index in [0.717, 1.165) is 45.4 Å². The third-order valence-electron chi connectivity index (χ3n) is 3.40. The van der Waals surface area contributed by atoms with Gasteiger partial charge in [0.05, 0.1) is 0 Å². The Bertz CT molecular complexity index is 295. The second-order valence-electron chi connectivity index (χ2n) is 4.80. The van der Waals surface area contributed by atoms with Crippen molar-refractivity contribution >= 4 is 11.9 Å². The van der Waals surface area contributed by atoms with Crippen molar-refractivity contribution in [1.82, 2.24) is 0 Å². The molecule has 1 aliphatic carbocycles. The summed E-state index contributed by atoms with van der Waals surface area (Å²) in [6.45, 7) is 2.55. The molecule has 1 unspecified atom stereocenters. The molecule has 4 nitrogen and oxygen atoms in total. The fourth-order valence-corrected chi connectivity index (χ4v) is 2.24. The second kappa shape index (κ2) is 6.71. The molecule has 104 valence electrons. The van der Waals surface area contributed by atoms with Crippen LogP contribution in [-0.4, -0.2) is 30.3 Å². The van der Waals surface area contributed by atoms with Gasteiger partial charge in [-0.05, 0) is 39.0 Å². The maximum atomic E-state index is 12.5. The van der Waals surface area contributed by atoms with Gasteiger partial charge >= 0.3 is 11.9 Å². The summed E-state index contributed by atoms with van der Waals surface area (Å²) in [5.74, 6) is -1.62. The molecule has 0 N–H and O–H groups in total. The van der Waals surface area contributed by atoms with Gasteiger partial charge in [0.2, 0.25) is 0 Å². The van der Waals surface area contributed by atoms with Crippen molar-refractivity contribution in [3.8, 4) is 0 Å². The van der Waals surface area contributed by atoms with E-state index >= 15 is 0 Å². The van der Waals surface area contributed by atoms with Crippen LogP contribution in [0.4, 0.5) is 4.39 Å². The van der Waals surface area contributed by atoms with Crippen molar-refractivity contribution in [3.63, 3.8) is 0 Å². The van der Waals surface area contributed by atoms with Crippen molar-refractivity contribution in [3.05, 3.63) is 0 Å². The van der Waals surface area contributed by atoms with E-state index in [4.69, 9.17) is 4.74 Å². The largest absolute Gasteiger partial charge is 0.457 e. The lowest BCUT2D eigenvalue weighted by molar-refractivity contribution is -0.174. The normalized spacial score (nSPS) is 19.9. The van der Waals surface area contributed by atoms with Gasteiger partial charge in [0, 0.05) is 0 Å². The van der Waals surface area contributed by atoms with Gasteiger partial charge in [0.15, 0.2) is 12.8 Å². The van der Waals surface area contributed by atoms with E-state index in [-0.39, 0.29) is 0 Å². The molecule has 0 aromatic carbocycles. The summed E-state index contributed by atoms with van der Waals surface area (Å²) in [4.78, 5) is 22.5. The lowest BCUT2D eigenvalue weighted by Gasteiger charge is -2.35. The number of alkyl halides is 1. The summed E-state index contributed by atoms with van der Waals surface area (Å²) in [6, 6.07) is 0. The molecule has 0 spiro atoms. The fraction of sp³-hybridized carbons (Fsp3) is 0.846. The van der Waals surface area contributed by atoms with Crippen molar-refractivity contribution in [1.29, 1.82) is 0 Å². The van der Waals surface area contributed by atoms with Gasteiger partial charge in [0.25, 0.3) is 0 Å². The highest BCUT2D eigenvalue weighted by molar-refractivity contribution is 5.78. The van der Waals surface area contributed by atoms with Crippen molar-refractivity contribution in [2.45, 2.75) is 64.1 Å². The van der Waals surface area contributed by atoms with E-state index in [1.54, 1.807) is 0 Å². The lowest BCUT2D eigenvalue weighted by Crippen LogP contribution is -2.38. The highest BCUT2D eigenvalue weighted by Crippen LogP contribution is 2.34. The van der Waals surface area contributed by atoms with E-state index in [0.29, 0.717) is 0 Å². The Morgan fingerprint density at radius 2 is 1.89 bits per heavy atom. The number of ether oxygens (including phenoxy) is 2. The van der Waals surface area contributed by atoms with Crippen LogP contribution in [0, 0.1) is 0 Å². The molecule has 0 radical (unpaired) electrons. The van der Waals surface area contributed by atoms with E-state index < -0.39 is 30.3 Å². The molecule has 0 aromatic heterocycles. The molecule has 0 heterocycles. The first-order valence-corrected chi connectivity index (χ1v) is 6.51. The van der Waals surface area contributed by atoms with Crippen LogP contribution in [0.5, 0.6) is 0 Å². The van der Waals surface area contributed by atoms with Gasteiger partial charge in [0.1, 0.15) is 5.60 Å². The van der Waals surface area contributed by atoms with Gasteiger partial charge in [-0.25, -0.2) is 14.0 Å². The van der Waals surface area contributed by atoms with E-state index in [1.807, 2.05) is 6.92 Å². The molecule has 1 atom stereocenters. The van der Waals surface area contributed by atoms with E-state index in [1.165, 1.54) is 0 Å². The number of hydrogen-bond acceptors (Lipinski definition) is 4. The molecule has 0 aliphatic heterocycles. The third-order valence-corrected chi connectivity index (χ3v) is 3.40. The third kappa shape index (κ3) is 4.27. The number of carbonyl (C=O) groups excluding carboxylic acids is 2. The number of carbonyl (C=O) groups is 2. The number of esters is 2. The molecule has 0 amide bonds. The molecule has 5 heteroatoms. The van der Waals surface area contributed by atoms with Crippen LogP contribution in [0.3, 0.4) is 0 Å². The second-order valence-corrected chi connectivity index (χ2v) is 4.80. The summed E-state index contributed by atoms with van der Waals surface area (Å²) in [5.41, 5.74) is -0.414. The zero-order valence-corrected chi connectivity index (χ0v) is 11.0. The average molecular weight is 260 g/mol. The van der Waals surface area contributed by atoms with Crippen molar-refractivity contribution in [2.24, 2.45) is 0 Å². The average Bonchev–Trinajstić information content (AvgIpc) is 2.36. The Hall–Kier alpha value is -1.13. The fourth-order valence-electron chi connectivity index (χ4n) is 2.24. The van der Waals surface area contributed by atoms with Crippen molar-refractivity contribution in [2.75, 3.05) is 6.61 Å². The molecule has 0 bridgehead atoms. The zero-order chi connectivity index (χ0) is 13.6. The first-order valence-electron chi connectivity index (χ1n) is 6.51. The van der Waals surface area contributed by atoms with Crippen LogP contribution in [0.25, 0.3) is 0 Å². The van der Waals surface area contributed by atoms with Crippen LogP contribution in [0.15, 0.2) is 0 Å². The van der Waals surface area contributed by atoms with Gasteiger partial charge in [-0.2, -0.15) is 0 Å². The van der Waals surface area contributed by atoms with Crippen LogP contribution in [-0.2, 0) is 19.1 Å². The highest BCUT2D eigenvalue weighted by atomic mass is 19.1. The SMILES string of the molecule is CCC1(OC(=O)COC(=O)C(C)F)CCCCC1. The monoisotopic (exact) mass is 260 g/mol. The number of halogens is 1. The van der Waals surface area contributed by atoms with Gasteiger partial charge < -0.3 is 9.47 Å². The van der Waals surface area contributed by atoms with Crippen LogP contribution < -0.4 is 0 Å². The Labute approximate surface area is 107 Å². The number of rotatable bonds is 5. The summed E-state index contributed by atoms with van der Waals surface area (Å²) in [7, 11) is 0. The minimum atomic E-state index is -1.72. The van der Waals surface area contributed by atoms with Gasteiger partial charge in [-0.15, -0.1) is 0 Å². The summed E-state index contributed by atoms with van der Waals surface area (Å²) < 4.78 is 22.4. The maximum absolute atomic E-state index is 12.5. The Kier molecular flexibility index (Phi) is 5.56. The summed E-state index contributed by atoms with van der Waals surface area (Å²) in [5, 5.41) is 0. The van der Waals surface area contributed by atoms with Gasteiger partial charge in [-0.1, -0.05) is 13.3 Å². The molecule has 1 aliphatic rings. The Morgan fingerprint density at radius 1 is 1.28 bits per heavy atom. The maximum Gasteiger partial charge on any atom is 0.344 e. The van der Waals surface area contributed by atoms with Crippen LogP contribution in [0.2, 0.25) is 0 Å². The summed E-state index contributed by atoms with van der Waals surface area (Å²) >= 11 is 0. The first kappa shape index (κ1) is 14.9. The van der Waals surface area contributed by atoms with E-state index in [9.17, 15) is 14.0 Å². The lowest BCUT2D eigenvalue weighted by atomic mass is 9.83. The topological polar surface area (TPSA) is 52.6 Å². The molecule has 18 heavy (non-hydrogen) atoms. The standard InChI is InChI=1S/C13H21FO4/c1-3-13(7-5-4-6-8-13)18-11(15)9-17-12(16)10(2)14/h10H,3-9H2,1-2H3. The minimum Gasteiger partial charge on any atom is -0.457 e. The molecular formula is C13H21FO4. The summed E-state index contributed by atoms with van der Waals surface area (Å²) in [6.07, 6.45) is 3.99. The van der Waals surface area contributed by atoms with E-state index in [2.05, 4.69) is 4.74 Å². The zero-order valence-electron chi connectivity index (χ0n) is 11.0. The molecular weight excluding hydrogens is 239 g/mol. The smallest absolute Gasteiger partial charge is 0.344 e. The molecule has 1 fully saturated rings. The molecule has 1 saturated carbocycles. The predicted octanol–water partition coefficient (Wildman–Crippen LogP) is 2.54.